The minimum Gasteiger partial charge on any atom is -0.469 e. The van der Waals surface area contributed by atoms with Gasteiger partial charge in [0, 0.05) is 6.42 Å². The van der Waals surface area contributed by atoms with Gasteiger partial charge in [0.2, 0.25) is 0 Å². The highest BCUT2D eigenvalue weighted by Gasteiger charge is 2.11. The summed E-state index contributed by atoms with van der Waals surface area (Å²) in [4.78, 5) is 0. The van der Waals surface area contributed by atoms with E-state index < -0.39 is 6.10 Å². The second-order valence-electron chi connectivity index (χ2n) is 3.81. The molecule has 1 heterocycles. The van der Waals surface area contributed by atoms with Gasteiger partial charge >= 0.3 is 0 Å². The maximum Gasteiger partial charge on any atom is 0.126 e. The van der Waals surface area contributed by atoms with Gasteiger partial charge in [-0.25, -0.2) is 4.39 Å². The molecule has 1 N–H and O–H groups in total. The van der Waals surface area contributed by atoms with Gasteiger partial charge in [0.05, 0.1) is 12.4 Å². The number of halogens is 1. The Morgan fingerprint density at radius 1 is 1.38 bits per heavy atom. The summed E-state index contributed by atoms with van der Waals surface area (Å²) in [5, 5.41) is 9.93. The van der Waals surface area contributed by atoms with E-state index in [1.54, 1.807) is 37.5 Å². The van der Waals surface area contributed by atoms with Crippen LogP contribution in [0.2, 0.25) is 0 Å². The van der Waals surface area contributed by atoms with Crippen LogP contribution in [0.3, 0.4) is 0 Å². The molecule has 0 aliphatic heterocycles. The monoisotopic (exact) mass is 220 g/mol. The van der Waals surface area contributed by atoms with E-state index in [1.807, 2.05) is 0 Å². The number of furan rings is 1. The van der Waals surface area contributed by atoms with Crippen molar-refractivity contribution in [2.75, 3.05) is 0 Å². The molecule has 0 fully saturated rings. The molecular formula is C13H13FO2. The summed E-state index contributed by atoms with van der Waals surface area (Å²) < 4.78 is 18.2. The average molecular weight is 220 g/mol. The Balaban J connectivity index is 2.14. The first kappa shape index (κ1) is 10.9. The maximum absolute atomic E-state index is 13.0. The number of hydrogen-bond acceptors (Lipinski definition) is 2. The van der Waals surface area contributed by atoms with Gasteiger partial charge in [-0.1, -0.05) is 12.1 Å². The van der Waals surface area contributed by atoms with E-state index in [1.165, 1.54) is 6.07 Å². The Morgan fingerprint density at radius 3 is 2.81 bits per heavy atom. The zero-order valence-electron chi connectivity index (χ0n) is 8.98. The first-order valence-corrected chi connectivity index (χ1v) is 5.13. The van der Waals surface area contributed by atoms with Gasteiger partial charge in [-0.05, 0) is 36.2 Å². The molecule has 0 bridgehead atoms. The molecular weight excluding hydrogens is 207 g/mol. The summed E-state index contributed by atoms with van der Waals surface area (Å²) in [5.74, 6) is 0.462. The van der Waals surface area contributed by atoms with Crippen molar-refractivity contribution >= 4 is 0 Å². The van der Waals surface area contributed by atoms with Crippen molar-refractivity contribution in [2.45, 2.75) is 19.4 Å². The molecule has 3 heteroatoms. The van der Waals surface area contributed by atoms with Crippen molar-refractivity contribution in [3.05, 3.63) is 59.3 Å². The topological polar surface area (TPSA) is 33.4 Å². The summed E-state index contributed by atoms with van der Waals surface area (Å²) in [7, 11) is 0. The molecule has 84 valence electrons. The number of hydrogen-bond donors (Lipinski definition) is 1. The number of benzene rings is 1. The van der Waals surface area contributed by atoms with E-state index in [4.69, 9.17) is 4.42 Å². The molecule has 2 aromatic rings. The summed E-state index contributed by atoms with van der Waals surface area (Å²) in [6, 6.07) is 8.20. The highest BCUT2D eigenvalue weighted by molar-refractivity contribution is 5.26. The van der Waals surface area contributed by atoms with Crippen LogP contribution in [0.1, 0.15) is 23.0 Å². The van der Waals surface area contributed by atoms with Crippen LogP contribution < -0.4 is 0 Å². The molecule has 0 aliphatic carbocycles. The van der Waals surface area contributed by atoms with Crippen LogP contribution in [0, 0.1) is 12.7 Å². The highest BCUT2D eigenvalue weighted by atomic mass is 19.1. The predicted molar refractivity (Wildman–Crippen MR) is 58.5 cm³/mol. The van der Waals surface area contributed by atoms with Crippen molar-refractivity contribution in [3.63, 3.8) is 0 Å². The molecule has 2 rings (SSSR count). The summed E-state index contributed by atoms with van der Waals surface area (Å²) in [6.45, 7) is 1.68. The summed E-state index contributed by atoms with van der Waals surface area (Å²) in [5.41, 5.74) is 1.24. The normalized spacial score (nSPS) is 12.7. The van der Waals surface area contributed by atoms with E-state index in [-0.39, 0.29) is 5.82 Å². The molecule has 2 nitrogen and oxygen atoms in total. The Hall–Kier alpha value is -1.61. The first-order chi connectivity index (χ1) is 7.66. The van der Waals surface area contributed by atoms with Gasteiger partial charge < -0.3 is 9.52 Å². The van der Waals surface area contributed by atoms with Gasteiger partial charge in [-0.3, -0.25) is 0 Å². The molecule has 1 aromatic carbocycles. The standard InChI is InChI=1S/C13H13FO2/c1-9-7-10(4-5-12(9)14)13(15)8-11-3-2-6-16-11/h2-7,13,15H,8H2,1H3. The van der Waals surface area contributed by atoms with Crippen LogP contribution in [0.15, 0.2) is 41.0 Å². The van der Waals surface area contributed by atoms with Crippen molar-refractivity contribution in [2.24, 2.45) is 0 Å². The van der Waals surface area contributed by atoms with Crippen LogP contribution in [-0.2, 0) is 6.42 Å². The maximum atomic E-state index is 13.0. The predicted octanol–water partition coefficient (Wildman–Crippen LogP) is 3.00. The molecule has 16 heavy (non-hydrogen) atoms. The second kappa shape index (κ2) is 4.49. The third kappa shape index (κ3) is 2.31. The third-order valence-corrected chi connectivity index (χ3v) is 2.54. The fourth-order valence-electron chi connectivity index (χ4n) is 1.61. The fraction of sp³-hybridized carbons (Fsp3) is 0.231. The van der Waals surface area contributed by atoms with Gasteiger partial charge in [-0.15, -0.1) is 0 Å². The van der Waals surface area contributed by atoms with E-state index in [9.17, 15) is 9.50 Å². The van der Waals surface area contributed by atoms with Gasteiger partial charge in [0.1, 0.15) is 11.6 Å². The van der Waals surface area contributed by atoms with Crippen molar-refractivity contribution in [3.8, 4) is 0 Å². The quantitative estimate of drug-likeness (QED) is 0.862. The lowest BCUT2D eigenvalue weighted by molar-refractivity contribution is 0.170. The van der Waals surface area contributed by atoms with E-state index in [0.29, 0.717) is 17.5 Å². The highest BCUT2D eigenvalue weighted by Crippen LogP contribution is 2.20. The number of aliphatic hydroxyl groups excluding tert-OH is 1. The molecule has 0 spiro atoms. The molecule has 1 atom stereocenters. The Bertz CT molecular complexity index is 463. The SMILES string of the molecule is Cc1cc(C(O)Cc2ccco2)ccc1F. The number of aliphatic hydroxyl groups is 1. The Kier molecular flexibility index (Phi) is 3.06. The molecule has 0 saturated heterocycles. The van der Waals surface area contributed by atoms with Crippen molar-refractivity contribution < 1.29 is 13.9 Å². The minimum absolute atomic E-state index is 0.256. The third-order valence-electron chi connectivity index (χ3n) is 2.54. The lowest BCUT2D eigenvalue weighted by Crippen LogP contribution is -2.01. The minimum atomic E-state index is -0.662. The second-order valence-corrected chi connectivity index (χ2v) is 3.81. The van der Waals surface area contributed by atoms with Crippen LogP contribution in [0.4, 0.5) is 4.39 Å². The Labute approximate surface area is 93.3 Å². The van der Waals surface area contributed by atoms with Crippen molar-refractivity contribution in [1.29, 1.82) is 0 Å². The zero-order valence-corrected chi connectivity index (χ0v) is 8.98. The molecule has 1 aromatic heterocycles. The van der Waals surface area contributed by atoms with Crippen LogP contribution in [0.25, 0.3) is 0 Å². The zero-order chi connectivity index (χ0) is 11.5. The summed E-state index contributed by atoms with van der Waals surface area (Å²) >= 11 is 0. The van der Waals surface area contributed by atoms with Crippen LogP contribution in [0.5, 0.6) is 0 Å². The molecule has 0 saturated carbocycles. The van der Waals surface area contributed by atoms with Gasteiger partial charge in [0.25, 0.3) is 0 Å². The molecule has 0 aliphatic rings. The van der Waals surface area contributed by atoms with E-state index >= 15 is 0 Å². The van der Waals surface area contributed by atoms with Crippen LogP contribution in [-0.4, -0.2) is 5.11 Å². The summed E-state index contributed by atoms with van der Waals surface area (Å²) in [6.07, 6.45) is 1.31. The molecule has 1 unspecified atom stereocenters. The fourth-order valence-corrected chi connectivity index (χ4v) is 1.61. The Morgan fingerprint density at radius 2 is 2.19 bits per heavy atom. The van der Waals surface area contributed by atoms with Gasteiger partial charge in [0.15, 0.2) is 0 Å². The largest absolute Gasteiger partial charge is 0.469 e. The number of rotatable bonds is 3. The van der Waals surface area contributed by atoms with Crippen molar-refractivity contribution in [1.82, 2.24) is 0 Å². The average Bonchev–Trinajstić information content (AvgIpc) is 2.74. The first-order valence-electron chi connectivity index (χ1n) is 5.13. The lowest BCUT2D eigenvalue weighted by Gasteiger charge is -2.10. The molecule has 0 amide bonds. The lowest BCUT2D eigenvalue weighted by atomic mass is 10.0. The number of aryl methyl sites for hydroxylation is 1. The van der Waals surface area contributed by atoms with E-state index in [0.717, 1.165) is 5.76 Å². The van der Waals surface area contributed by atoms with Crippen LogP contribution >= 0.6 is 0 Å². The van der Waals surface area contributed by atoms with Gasteiger partial charge in [-0.2, -0.15) is 0 Å². The molecule has 0 radical (unpaired) electrons. The van der Waals surface area contributed by atoms with E-state index in [2.05, 4.69) is 0 Å². The smallest absolute Gasteiger partial charge is 0.126 e.